The van der Waals surface area contributed by atoms with Gasteiger partial charge < -0.3 is 14.7 Å². The van der Waals surface area contributed by atoms with Crippen molar-refractivity contribution in [2.24, 2.45) is 0 Å². The van der Waals surface area contributed by atoms with Crippen LogP contribution < -0.4 is 0 Å². The van der Waals surface area contributed by atoms with Crippen LogP contribution in [0.3, 0.4) is 0 Å². The highest BCUT2D eigenvalue weighted by atomic mass is 35.5. The number of carbonyl (C=O) groups is 2. The smallest absolute Gasteiger partial charge is 0.295 e. The Labute approximate surface area is 181 Å². The molecule has 1 fully saturated rings. The second-order valence-corrected chi connectivity index (χ2v) is 7.95. The van der Waals surface area contributed by atoms with Crippen molar-refractivity contribution in [2.75, 3.05) is 13.2 Å². The van der Waals surface area contributed by atoms with Crippen molar-refractivity contribution >= 4 is 29.1 Å². The van der Waals surface area contributed by atoms with Crippen LogP contribution in [-0.2, 0) is 20.7 Å². The van der Waals surface area contributed by atoms with Crippen molar-refractivity contribution in [3.05, 3.63) is 75.8 Å². The van der Waals surface area contributed by atoms with E-state index in [1.54, 1.807) is 24.3 Å². The molecular weight excluding hydrogens is 402 g/mol. The van der Waals surface area contributed by atoms with E-state index in [9.17, 15) is 14.7 Å². The van der Waals surface area contributed by atoms with Crippen molar-refractivity contribution in [1.29, 1.82) is 0 Å². The number of hydrogen-bond donors (Lipinski definition) is 1. The van der Waals surface area contributed by atoms with Crippen LogP contribution in [0.25, 0.3) is 5.76 Å². The van der Waals surface area contributed by atoms with Gasteiger partial charge in [0.05, 0.1) is 24.3 Å². The standard InChI is InChI=1S/C24H26ClNO4/c1-4-16-5-7-17(8-6-16)21-20(22(27)18-9-11-19(25)12-10-18)23(28)24(29)26(21)13-14-30-15(2)3/h5-12,15,21,27H,4,13-14H2,1-3H3/b22-20-. The van der Waals surface area contributed by atoms with Gasteiger partial charge in [0.2, 0.25) is 0 Å². The molecule has 30 heavy (non-hydrogen) atoms. The zero-order valence-corrected chi connectivity index (χ0v) is 18.1. The van der Waals surface area contributed by atoms with E-state index >= 15 is 0 Å². The molecule has 1 saturated heterocycles. The van der Waals surface area contributed by atoms with Crippen molar-refractivity contribution < 1.29 is 19.4 Å². The lowest BCUT2D eigenvalue weighted by Gasteiger charge is -2.25. The molecule has 1 N–H and O–H groups in total. The molecule has 0 aromatic heterocycles. The lowest BCUT2D eigenvalue weighted by molar-refractivity contribution is -0.140. The molecule has 0 bridgehead atoms. The number of hydrogen-bond acceptors (Lipinski definition) is 4. The molecule has 1 heterocycles. The fourth-order valence-corrected chi connectivity index (χ4v) is 3.67. The van der Waals surface area contributed by atoms with Gasteiger partial charge in [-0.25, -0.2) is 0 Å². The number of carbonyl (C=O) groups excluding carboxylic acids is 2. The summed E-state index contributed by atoms with van der Waals surface area (Å²) in [7, 11) is 0. The number of nitrogens with zero attached hydrogens (tertiary/aromatic N) is 1. The van der Waals surface area contributed by atoms with Crippen LogP contribution in [0.2, 0.25) is 5.02 Å². The van der Waals surface area contributed by atoms with Gasteiger partial charge in [0, 0.05) is 17.1 Å². The number of aliphatic hydroxyl groups excluding tert-OH is 1. The Morgan fingerprint density at radius 2 is 1.73 bits per heavy atom. The second kappa shape index (κ2) is 9.45. The predicted molar refractivity (Wildman–Crippen MR) is 117 cm³/mol. The quantitative estimate of drug-likeness (QED) is 0.393. The highest BCUT2D eigenvalue weighted by Gasteiger charge is 2.45. The molecule has 2 aromatic rings. The summed E-state index contributed by atoms with van der Waals surface area (Å²) >= 11 is 5.95. The maximum absolute atomic E-state index is 12.9. The predicted octanol–water partition coefficient (Wildman–Crippen LogP) is 4.75. The zero-order valence-electron chi connectivity index (χ0n) is 17.4. The molecule has 0 radical (unpaired) electrons. The first kappa shape index (κ1) is 22.1. The third-order valence-corrected chi connectivity index (χ3v) is 5.40. The van der Waals surface area contributed by atoms with Crippen molar-refractivity contribution in [3.63, 3.8) is 0 Å². The molecule has 1 amide bonds. The zero-order chi connectivity index (χ0) is 21.8. The number of halogens is 1. The van der Waals surface area contributed by atoms with Crippen LogP contribution in [0, 0.1) is 0 Å². The second-order valence-electron chi connectivity index (χ2n) is 7.51. The van der Waals surface area contributed by atoms with E-state index in [-0.39, 0.29) is 24.0 Å². The van der Waals surface area contributed by atoms with E-state index in [4.69, 9.17) is 16.3 Å². The molecule has 0 spiro atoms. The number of likely N-dealkylation sites (tertiary alicyclic amines) is 1. The largest absolute Gasteiger partial charge is 0.507 e. The number of benzene rings is 2. The highest BCUT2D eigenvalue weighted by Crippen LogP contribution is 2.39. The number of ether oxygens (including phenoxy) is 1. The normalized spacial score (nSPS) is 18.4. The third kappa shape index (κ3) is 4.58. The molecule has 0 aliphatic carbocycles. The molecule has 2 aromatic carbocycles. The average molecular weight is 428 g/mol. The van der Waals surface area contributed by atoms with Gasteiger partial charge in [-0.15, -0.1) is 0 Å². The van der Waals surface area contributed by atoms with Crippen LogP contribution in [-0.4, -0.2) is 41.0 Å². The number of ketones is 1. The average Bonchev–Trinajstić information content (AvgIpc) is 2.98. The van der Waals surface area contributed by atoms with Crippen molar-refractivity contribution in [3.8, 4) is 0 Å². The van der Waals surface area contributed by atoms with E-state index in [2.05, 4.69) is 6.92 Å². The van der Waals surface area contributed by atoms with Gasteiger partial charge in [-0.2, -0.15) is 0 Å². The topological polar surface area (TPSA) is 66.8 Å². The summed E-state index contributed by atoms with van der Waals surface area (Å²) in [5.74, 6) is -1.54. The molecule has 1 aliphatic rings. The van der Waals surface area contributed by atoms with E-state index < -0.39 is 17.7 Å². The monoisotopic (exact) mass is 427 g/mol. The van der Waals surface area contributed by atoms with Crippen molar-refractivity contribution in [2.45, 2.75) is 39.3 Å². The number of aliphatic hydroxyl groups is 1. The summed E-state index contributed by atoms with van der Waals surface area (Å²) in [6, 6.07) is 13.6. The van der Waals surface area contributed by atoms with E-state index in [0.717, 1.165) is 17.5 Å². The Balaban J connectivity index is 2.07. The number of aryl methyl sites for hydroxylation is 1. The fraction of sp³-hybridized carbons (Fsp3) is 0.333. The summed E-state index contributed by atoms with van der Waals surface area (Å²) in [4.78, 5) is 27.2. The van der Waals surface area contributed by atoms with Crippen LogP contribution in [0.4, 0.5) is 0 Å². The van der Waals surface area contributed by atoms with Crippen LogP contribution in [0.5, 0.6) is 0 Å². The fourth-order valence-electron chi connectivity index (χ4n) is 3.54. The molecule has 1 atom stereocenters. The minimum atomic E-state index is -0.698. The Kier molecular flexibility index (Phi) is 6.95. The number of Topliss-reactive ketones (excluding diaryl/α,β-unsaturated/α-hetero) is 1. The molecule has 1 aliphatic heterocycles. The van der Waals surface area contributed by atoms with Crippen LogP contribution in [0.15, 0.2) is 54.1 Å². The number of rotatable bonds is 7. The first-order valence-electron chi connectivity index (χ1n) is 10.1. The third-order valence-electron chi connectivity index (χ3n) is 5.14. The Hall–Kier alpha value is -2.63. The van der Waals surface area contributed by atoms with Gasteiger partial charge in [0.15, 0.2) is 0 Å². The summed E-state index contributed by atoms with van der Waals surface area (Å²) in [5.41, 5.74) is 2.44. The van der Waals surface area contributed by atoms with Gasteiger partial charge in [-0.1, -0.05) is 42.8 Å². The van der Waals surface area contributed by atoms with Gasteiger partial charge in [-0.3, -0.25) is 9.59 Å². The summed E-state index contributed by atoms with van der Waals surface area (Å²) < 4.78 is 5.60. The first-order valence-corrected chi connectivity index (χ1v) is 10.5. The SMILES string of the molecule is CCc1ccc(C2/C(=C(/O)c3ccc(Cl)cc3)C(=O)C(=O)N2CCOC(C)C)cc1. The lowest BCUT2D eigenvalue weighted by atomic mass is 9.94. The van der Waals surface area contributed by atoms with Crippen molar-refractivity contribution in [1.82, 2.24) is 4.90 Å². The molecule has 0 saturated carbocycles. The summed E-state index contributed by atoms with van der Waals surface area (Å²) in [6.45, 7) is 6.44. The van der Waals surface area contributed by atoms with E-state index in [1.165, 1.54) is 4.90 Å². The Morgan fingerprint density at radius 3 is 2.30 bits per heavy atom. The molecule has 1 unspecified atom stereocenters. The van der Waals surface area contributed by atoms with E-state index in [1.807, 2.05) is 38.1 Å². The van der Waals surface area contributed by atoms with E-state index in [0.29, 0.717) is 17.2 Å². The summed E-state index contributed by atoms with van der Waals surface area (Å²) in [5, 5.41) is 11.5. The van der Waals surface area contributed by atoms with Gasteiger partial charge in [0.1, 0.15) is 5.76 Å². The first-order chi connectivity index (χ1) is 14.3. The highest BCUT2D eigenvalue weighted by molar-refractivity contribution is 6.46. The van der Waals surface area contributed by atoms with Gasteiger partial charge >= 0.3 is 0 Å². The Bertz CT molecular complexity index is 948. The van der Waals surface area contributed by atoms with Crippen LogP contribution in [0.1, 0.15) is 43.5 Å². The molecular formula is C24H26ClNO4. The molecule has 5 nitrogen and oxygen atoms in total. The molecule has 6 heteroatoms. The maximum atomic E-state index is 12.9. The summed E-state index contributed by atoms with van der Waals surface area (Å²) in [6.07, 6.45) is 0.895. The maximum Gasteiger partial charge on any atom is 0.295 e. The van der Waals surface area contributed by atoms with Gasteiger partial charge in [-0.05, 0) is 55.7 Å². The molecule has 158 valence electrons. The Morgan fingerprint density at radius 1 is 1.10 bits per heavy atom. The minimum absolute atomic E-state index is 0.0122. The molecule has 3 rings (SSSR count). The lowest BCUT2D eigenvalue weighted by Crippen LogP contribution is -2.33. The number of amides is 1. The van der Waals surface area contributed by atoms with Gasteiger partial charge in [0.25, 0.3) is 11.7 Å². The van der Waals surface area contributed by atoms with Crippen LogP contribution >= 0.6 is 11.6 Å². The minimum Gasteiger partial charge on any atom is -0.507 e.